The number of rotatable bonds is 3. The highest BCUT2D eigenvalue weighted by Gasteiger charge is 2.12. The van der Waals surface area contributed by atoms with Crippen LogP contribution in [0.1, 0.15) is 12.7 Å². The zero-order valence-electron chi connectivity index (χ0n) is 8.73. The zero-order chi connectivity index (χ0) is 11.3. The third kappa shape index (κ3) is 2.49. The summed E-state index contributed by atoms with van der Waals surface area (Å²) in [5, 5.41) is 0. The van der Waals surface area contributed by atoms with Gasteiger partial charge in [0.05, 0.1) is 12.7 Å². The summed E-state index contributed by atoms with van der Waals surface area (Å²) >= 11 is 0. The van der Waals surface area contributed by atoms with Gasteiger partial charge in [-0.3, -0.25) is 0 Å². The van der Waals surface area contributed by atoms with Crippen molar-refractivity contribution >= 4 is 11.5 Å². The molecule has 4 heteroatoms. The largest absolute Gasteiger partial charge is 0.465 e. The van der Waals surface area contributed by atoms with Crippen molar-refractivity contribution in [3.63, 3.8) is 0 Å². The Morgan fingerprint density at radius 1 is 1.47 bits per heavy atom. The van der Waals surface area contributed by atoms with Crippen LogP contribution in [0.4, 0.5) is 0 Å². The molecule has 0 spiro atoms. The predicted molar refractivity (Wildman–Crippen MR) is 56.8 cm³/mol. The van der Waals surface area contributed by atoms with Crippen molar-refractivity contribution in [2.75, 3.05) is 7.11 Å². The van der Waals surface area contributed by atoms with Crippen LogP contribution in [0.3, 0.4) is 0 Å². The molecule has 0 saturated carbocycles. The van der Waals surface area contributed by atoms with Gasteiger partial charge in [0.25, 0.3) is 0 Å². The number of ether oxygens (including phenoxy) is 1. The van der Waals surface area contributed by atoms with E-state index in [9.17, 15) is 4.79 Å². The van der Waals surface area contributed by atoms with E-state index in [-0.39, 0.29) is 0 Å². The molecule has 78 valence electrons. The van der Waals surface area contributed by atoms with Crippen LogP contribution in [-0.2, 0) is 9.53 Å². The van der Waals surface area contributed by atoms with Crippen LogP contribution < -0.4 is 0 Å². The Balaban J connectivity index is 3.18. The van der Waals surface area contributed by atoms with Crippen molar-refractivity contribution in [2.24, 2.45) is 0 Å². The minimum Gasteiger partial charge on any atom is -0.465 e. The van der Waals surface area contributed by atoms with Gasteiger partial charge in [-0.25, -0.2) is 14.8 Å². The lowest BCUT2D eigenvalue weighted by Crippen LogP contribution is -2.05. The summed E-state index contributed by atoms with van der Waals surface area (Å²) in [4.78, 5) is 19.4. The van der Waals surface area contributed by atoms with Gasteiger partial charge in [0.1, 0.15) is 0 Å². The van der Waals surface area contributed by atoms with E-state index in [1.165, 1.54) is 13.2 Å². The van der Waals surface area contributed by atoms with Crippen LogP contribution in [0.5, 0.6) is 0 Å². The molecule has 0 amide bonds. The van der Waals surface area contributed by atoms with E-state index in [2.05, 4.69) is 21.3 Å². The fourth-order valence-electron chi connectivity index (χ4n) is 1.11. The monoisotopic (exact) mass is 204 g/mol. The molecule has 0 bridgehead atoms. The van der Waals surface area contributed by atoms with Crippen molar-refractivity contribution < 1.29 is 9.53 Å². The smallest absolute Gasteiger partial charge is 0.338 e. The number of carbonyl (C=O) groups excluding carboxylic acids is 1. The normalized spacial score (nSPS) is 11.6. The number of carbonyl (C=O) groups is 1. The highest BCUT2D eigenvalue weighted by atomic mass is 16.5. The Labute approximate surface area is 88.3 Å². The van der Waals surface area contributed by atoms with Crippen LogP contribution in [0, 0.1) is 0 Å². The molecule has 0 atom stereocenters. The van der Waals surface area contributed by atoms with Gasteiger partial charge in [-0.2, -0.15) is 0 Å². The SMILES string of the molecule is C=C/C(C(=O)OC)=C(\C)c1ncccn1. The second kappa shape index (κ2) is 5.05. The van der Waals surface area contributed by atoms with E-state index in [1.807, 2.05) is 0 Å². The summed E-state index contributed by atoms with van der Waals surface area (Å²) in [5.74, 6) is 0.0627. The topological polar surface area (TPSA) is 52.1 Å². The minimum atomic E-state index is -0.435. The number of allylic oxidation sites excluding steroid dienone is 1. The molecule has 1 aromatic rings. The Bertz CT molecular complexity index is 396. The van der Waals surface area contributed by atoms with Gasteiger partial charge in [-0.05, 0) is 13.0 Å². The number of nitrogens with zero attached hydrogens (tertiary/aromatic N) is 2. The van der Waals surface area contributed by atoms with E-state index in [0.29, 0.717) is 17.0 Å². The summed E-state index contributed by atoms with van der Waals surface area (Å²) in [6.07, 6.45) is 4.67. The average Bonchev–Trinajstić information content (AvgIpc) is 2.30. The van der Waals surface area contributed by atoms with Crippen LogP contribution >= 0.6 is 0 Å². The van der Waals surface area contributed by atoms with Gasteiger partial charge in [0, 0.05) is 18.0 Å². The summed E-state index contributed by atoms with van der Waals surface area (Å²) < 4.78 is 4.62. The maximum absolute atomic E-state index is 11.4. The minimum absolute atomic E-state index is 0.378. The van der Waals surface area contributed by atoms with Gasteiger partial charge in [-0.1, -0.05) is 12.7 Å². The van der Waals surface area contributed by atoms with Crippen LogP contribution in [0.15, 0.2) is 36.7 Å². The first-order valence-electron chi connectivity index (χ1n) is 4.39. The second-order valence-corrected chi connectivity index (χ2v) is 2.81. The molecular weight excluding hydrogens is 192 g/mol. The molecule has 0 aromatic carbocycles. The summed E-state index contributed by atoms with van der Waals surface area (Å²) in [6, 6.07) is 1.71. The molecule has 1 heterocycles. The lowest BCUT2D eigenvalue weighted by atomic mass is 10.1. The molecule has 0 saturated heterocycles. The first kappa shape index (κ1) is 11.1. The van der Waals surface area contributed by atoms with Crippen LogP contribution in [0.2, 0.25) is 0 Å². The van der Waals surface area contributed by atoms with Crippen LogP contribution in [0.25, 0.3) is 5.57 Å². The van der Waals surface area contributed by atoms with E-state index in [4.69, 9.17) is 0 Å². The quantitative estimate of drug-likeness (QED) is 0.426. The van der Waals surface area contributed by atoms with E-state index in [0.717, 1.165) is 0 Å². The number of methoxy groups -OCH3 is 1. The fourth-order valence-corrected chi connectivity index (χ4v) is 1.11. The van der Waals surface area contributed by atoms with Crippen molar-refractivity contribution in [3.8, 4) is 0 Å². The molecule has 15 heavy (non-hydrogen) atoms. The lowest BCUT2D eigenvalue weighted by Gasteiger charge is -2.04. The van der Waals surface area contributed by atoms with Crippen molar-refractivity contribution in [1.29, 1.82) is 0 Å². The first-order chi connectivity index (χ1) is 7.20. The second-order valence-electron chi connectivity index (χ2n) is 2.81. The lowest BCUT2D eigenvalue weighted by molar-refractivity contribution is -0.135. The molecule has 1 rings (SSSR count). The van der Waals surface area contributed by atoms with Crippen LogP contribution in [-0.4, -0.2) is 23.0 Å². The highest BCUT2D eigenvalue weighted by molar-refractivity contribution is 5.99. The highest BCUT2D eigenvalue weighted by Crippen LogP contribution is 2.15. The molecule has 0 fully saturated rings. The Kier molecular flexibility index (Phi) is 3.74. The van der Waals surface area contributed by atoms with Crippen molar-refractivity contribution in [1.82, 2.24) is 9.97 Å². The Morgan fingerprint density at radius 2 is 2.07 bits per heavy atom. The van der Waals surface area contributed by atoms with Gasteiger partial charge < -0.3 is 4.74 Å². The molecule has 0 aliphatic carbocycles. The molecular formula is C11H12N2O2. The van der Waals surface area contributed by atoms with Gasteiger partial charge in [0.15, 0.2) is 5.82 Å². The molecule has 0 radical (unpaired) electrons. The maximum atomic E-state index is 11.4. The van der Waals surface area contributed by atoms with Crippen molar-refractivity contribution in [2.45, 2.75) is 6.92 Å². The summed E-state index contributed by atoms with van der Waals surface area (Å²) in [6.45, 7) is 5.32. The third-order valence-corrected chi connectivity index (χ3v) is 1.91. The Morgan fingerprint density at radius 3 is 2.53 bits per heavy atom. The molecule has 4 nitrogen and oxygen atoms in total. The first-order valence-corrected chi connectivity index (χ1v) is 4.39. The van der Waals surface area contributed by atoms with Crippen molar-refractivity contribution in [3.05, 3.63) is 42.5 Å². The zero-order valence-corrected chi connectivity index (χ0v) is 8.73. The molecule has 0 N–H and O–H groups in total. The molecule has 0 unspecified atom stereocenters. The number of aromatic nitrogens is 2. The van der Waals surface area contributed by atoms with E-state index < -0.39 is 5.97 Å². The number of hydrogen-bond donors (Lipinski definition) is 0. The predicted octanol–water partition coefficient (Wildman–Crippen LogP) is 1.61. The summed E-state index contributed by atoms with van der Waals surface area (Å²) in [7, 11) is 1.32. The van der Waals surface area contributed by atoms with E-state index in [1.54, 1.807) is 25.4 Å². The van der Waals surface area contributed by atoms with Gasteiger partial charge in [-0.15, -0.1) is 0 Å². The standard InChI is InChI=1S/C11H12N2O2/c1-4-9(11(14)15-3)8(2)10-12-6-5-7-13-10/h4-7H,1H2,2-3H3/b9-8-. The average molecular weight is 204 g/mol. The molecule has 0 aliphatic heterocycles. The summed E-state index contributed by atoms with van der Waals surface area (Å²) in [5.41, 5.74) is 1.03. The van der Waals surface area contributed by atoms with E-state index >= 15 is 0 Å². The number of esters is 1. The fraction of sp³-hybridized carbons (Fsp3) is 0.182. The Hall–Kier alpha value is -1.97. The van der Waals surface area contributed by atoms with Gasteiger partial charge >= 0.3 is 5.97 Å². The molecule has 1 aromatic heterocycles. The number of hydrogen-bond acceptors (Lipinski definition) is 4. The molecule has 0 aliphatic rings. The van der Waals surface area contributed by atoms with Gasteiger partial charge in [0.2, 0.25) is 0 Å². The third-order valence-electron chi connectivity index (χ3n) is 1.91. The maximum Gasteiger partial charge on any atom is 0.338 e.